The van der Waals surface area contributed by atoms with Crippen molar-refractivity contribution in [3.8, 4) is 0 Å². The number of nitrogens with zero attached hydrogens (tertiary/aromatic N) is 2. The Morgan fingerprint density at radius 3 is 2.50 bits per heavy atom. The predicted octanol–water partition coefficient (Wildman–Crippen LogP) is 2.53. The Balaban J connectivity index is 1.85. The second kappa shape index (κ2) is 6.13. The van der Waals surface area contributed by atoms with Crippen LogP contribution < -0.4 is 10.6 Å². The van der Waals surface area contributed by atoms with Crippen molar-refractivity contribution in [2.45, 2.75) is 38.8 Å². The van der Waals surface area contributed by atoms with Crippen LogP contribution in [0.4, 0.5) is 5.95 Å². The van der Waals surface area contributed by atoms with E-state index in [0.29, 0.717) is 12.4 Å². The van der Waals surface area contributed by atoms with E-state index in [0.717, 1.165) is 23.4 Å². The molecule has 3 rings (SSSR count). The maximum atomic E-state index is 11.8. The van der Waals surface area contributed by atoms with Crippen LogP contribution in [0.15, 0.2) is 36.4 Å². The molecule has 1 amide bonds. The first-order valence-electron chi connectivity index (χ1n) is 7.55. The van der Waals surface area contributed by atoms with E-state index >= 15 is 0 Å². The molecule has 114 valence electrons. The summed E-state index contributed by atoms with van der Waals surface area (Å²) in [6, 6.07) is 12.0. The molecule has 0 spiro atoms. The molecule has 0 aliphatic carbocycles. The van der Waals surface area contributed by atoms with Gasteiger partial charge in [0.1, 0.15) is 0 Å². The molecule has 1 saturated heterocycles. The summed E-state index contributed by atoms with van der Waals surface area (Å²) in [6.45, 7) is 3.91. The van der Waals surface area contributed by atoms with E-state index in [1.54, 1.807) is 0 Å². The Hall–Kier alpha value is -2.43. The highest BCUT2D eigenvalue weighted by Crippen LogP contribution is 2.26. The van der Waals surface area contributed by atoms with Gasteiger partial charge in [0.25, 0.3) is 0 Å². The van der Waals surface area contributed by atoms with Crippen LogP contribution in [0, 0.1) is 13.8 Å². The maximum absolute atomic E-state index is 11.8. The van der Waals surface area contributed by atoms with Crippen molar-refractivity contribution in [1.29, 1.82) is 0 Å². The first kappa shape index (κ1) is 14.5. The van der Waals surface area contributed by atoms with E-state index < -0.39 is 0 Å². The molecule has 1 fully saturated rings. The number of hydrogen-bond acceptors (Lipinski definition) is 4. The summed E-state index contributed by atoms with van der Waals surface area (Å²) in [7, 11) is 0. The average molecular weight is 296 g/mol. The van der Waals surface area contributed by atoms with Gasteiger partial charge in [0.2, 0.25) is 11.9 Å². The lowest BCUT2D eigenvalue weighted by Crippen LogP contribution is -2.45. The lowest BCUT2D eigenvalue weighted by Gasteiger charge is -2.33. The zero-order valence-electron chi connectivity index (χ0n) is 12.8. The van der Waals surface area contributed by atoms with Gasteiger partial charge in [-0.2, -0.15) is 0 Å². The number of carbonyl (C=O) groups is 1. The predicted molar refractivity (Wildman–Crippen MR) is 85.5 cm³/mol. The van der Waals surface area contributed by atoms with Crippen LogP contribution in [0.25, 0.3) is 0 Å². The van der Waals surface area contributed by atoms with Crippen LogP contribution in [0.1, 0.15) is 35.8 Å². The van der Waals surface area contributed by atoms with E-state index in [1.165, 1.54) is 0 Å². The Bertz CT molecular complexity index is 651. The van der Waals surface area contributed by atoms with E-state index in [-0.39, 0.29) is 18.0 Å². The molecule has 1 aromatic heterocycles. The molecule has 2 atom stereocenters. The van der Waals surface area contributed by atoms with E-state index in [9.17, 15) is 4.79 Å². The number of hydrogen-bond donors (Lipinski definition) is 2. The van der Waals surface area contributed by atoms with Gasteiger partial charge < -0.3 is 10.6 Å². The van der Waals surface area contributed by atoms with Gasteiger partial charge >= 0.3 is 0 Å². The molecular weight excluding hydrogens is 276 g/mol. The summed E-state index contributed by atoms with van der Waals surface area (Å²) in [6.07, 6.45) is 1.29. The quantitative estimate of drug-likeness (QED) is 0.913. The van der Waals surface area contributed by atoms with Crippen LogP contribution in [-0.2, 0) is 4.79 Å². The highest BCUT2D eigenvalue weighted by Gasteiger charge is 2.30. The molecule has 1 aliphatic rings. The Kier molecular flexibility index (Phi) is 4.04. The number of anilines is 1. The molecule has 0 radical (unpaired) electrons. The monoisotopic (exact) mass is 296 g/mol. The molecule has 0 saturated carbocycles. The van der Waals surface area contributed by atoms with Crippen LogP contribution in [0.3, 0.4) is 0 Å². The number of amides is 1. The first-order valence-corrected chi connectivity index (χ1v) is 7.55. The fraction of sp³-hybridized carbons (Fsp3) is 0.353. The van der Waals surface area contributed by atoms with Crippen LogP contribution in [-0.4, -0.2) is 21.9 Å². The summed E-state index contributed by atoms with van der Waals surface area (Å²) in [5, 5.41) is 6.47. The highest BCUT2D eigenvalue weighted by atomic mass is 16.1. The smallest absolute Gasteiger partial charge is 0.223 e. The van der Waals surface area contributed by atoms with Crippen molar-refractivity contribution in [2.24, 2.45) is 0 Å². The summed E-state index contributed by atoms with van der Waals surface area (Å²) in [5.74, 6) is 0.716. The lowest BCUT2D eigenvalue weighted by atomic mass is 9.92. The summed E-state index contributed by atoms with van der Waals surface area (Å²) >= 11 is 0. The van der Waals surface area contributed by atoms with Crippen molar-refractivity contribution in [1.82, 2.24) is 15.3 Å². The SMILES string of the molecule is Cc1cc(C)nc(N[C@@H]2CCC(=O)N[C@H]2c2ccccc2)n1. The average Bonchev–Trinajstić information content (AvgIpc) is 2.49. The molecule has 5 nitrogen and oxygen atoms in total. The standard InChI is InChI=1S/C17H20N4O/c1-11-10-12(2)19-17(18-11)20-14-8-9-15(22)21-16(14)13-6-4-3-5-7-13/h3-7,10,14,16H,8-9H2,1-2H3,(H,21,22)(H,18,19,20)/t14-,16+/m1/s1. The minimum absolute atomic E-state index is 0.0631. The number of aromatic nitrogens is 2. The van der Waals surface area contributed by atoms with Gasteiger partial charge in [-0.1, -0.05) is 30.3 Å². The Morgan fingerprint density at radius 1 is 1.14 bits per heavy atom. The second-order valence-electron chi connectivity index (χ2n) is 5.72. The van der Waals surface area contributed by atoms with Crippen LogP contribution >= 0.6 is 0 Å². The fourth-order valence-corrected chi connectivity index (χ4v) is 2.89. The zero-order chi connectivity index (χ0) is 15.5. The molecule has 2 aromatic rings. The fourth-order valence-electron chi connectivity index (χ4n) is 2.89. The first-order chi connectivity index (χ1) is 10.6. The van der Waals surface area contributed by atoms with Gasteiger partial charge in [-0.3, -0.25) is 4.79 Å². The molecule has 22 heavy (non-hydrogen) atoms. The Morgan fingerprint density at radius 2 is 1.82 bits per heavy atom. The number of aryl methyl sites for hydroxylation is 2. The number of rotatable bonds is 3. The topological polar surface area (TPSA) is 66.9 Å². The Labute approximate surface area is 130 Å². The van der Waals surface area contributed by atoms with Gasteiger partial charge in [-0.25, -0.2) is 9.97 Å². The third kappa shape index (κ3) is 3.24. The number of benzene rings is 1. The number of piperidine rings is 1. The van der Waals surface area contributed by atoms with Gasteiger partial charge in [0.15, 0.2) is 0 Å². The van der Waals surface area contributed by atoms with Crippen molar-refractivity contribution in [3.63, 3.8) is 0 Å². The molecule has 1 aliphatic heterocycles. The van der Waals surface area contributed by atoms with E-state index in [2.05, 4.69) is 20.6 Å². The molecule has 0 unspecified atom stereocenters. The van der Waals surface area contributed by atoms with Crippen molar-refractivity contribution in [3.05, 3.63) is 53.3 Å². The van der Waals surface area contributed by atoms with Crippen LogP contribution in [0.2, 0.25) is 0 Å². The molecule has 0 bridgehead atoms. The zero-order valence-corrected chi connectivity index (χ0v) is 12.8. The largest absolute Gasteiger partial charge is 0.349 e. The molecule has 2 N–H and O–H groups in total. The van der Waals surface area contributed by atoms with Gasteiger partial charge in [-0.15, -0.1) is 0 Å². The van der Waals surface area contributed by atoms with Crippen LogP contribution in [0.5, 0.6) is 0 Å². The molecule has 5 heteroatoms. The number of carbonyl (C=O) groups excluding carboxylic acids is 1. The summed E-state index contributed by atoms with van der Waals surface area (Å²) in [5.41, 5.74) is 2.97. The van der Waals surface area contributed by atoms with E-state index in [1.807, 2.05) is 50.2 Å². The number of nitrogens with one attached hydrogen (secondary N) is 2. The third-order valence-electron chi connectivity index (χ3n) is 3.86. The van der Waals surface area contributed by atoms with Gasteiger partial charge in [-0.05, 0) is 31.9 Å². The van der Waals surface area contributed by atoms with Crippen molar-refractivity contribution >= 4 is 11.9 Å². The minimum Gasteiger partial charge on any atom is -0.349 e. The maximum Gasteiger partial charge on any atom is 0.223 e. The molecule has 2 heterocycles. The van der Waals surface area contributed by atoms with Crippen molar-refractivity contribution in [2.75, 3.05) is 5.32 Å². The van der Waals surface area contributed by atoms with Gasteiger partial charge in [0, 0.05) is 17.8 Å². The van der Waals surface area contributed by atoms with Crippen molar-refractivity contribution < 1.29 is 4.79 Å². The highest BCUT2D eigenvalue weighted by molar-refractivity contribution is 5.77. The normalized spacial score (nSPS) is 21.3. The summed E-state index contributed by atoms with van der Waals surface area (Å²) < 4.78 is 0. The van der Waals surface area contributed by atoms with Gasteiger partial charge in [0.05, 0.1) is 12.1 Å². The lowest BCUT2D eigenvalue weighted by molar-refractivity contribution is -0.123. The second-order valence-corrected chi connectivity index (χ2v) is 5.72. The molecule has 1 aromatic carbocycles. The molecular formula is C17H20N4O. The minimum atomic E-state index is -0.0631. The third-order valence-corrected chi connectivity index (χ3v) is 3.86. The summed E-state index contributed by atoms with van der Waals surface area (Å²) in [4.78, 5) is 20.7. The van der Waals surface area contributed by atoms with E-state index in [4.69, 9.17) is 0 Å².